The number of hydrogen-bond acceptors (Lipinski definition) is 4. The van der Waals surface area contributed by atoms with E-state index in [4.69, 9.17) is 5.73 Å². The standard InChI is InChI=1S/C12H15N3OS/c1-2-15-8-9(7-14-15)6-10(16)12(13)11-4-3-5-17-11/h3-5,7-8,12H,2,6,13H2,1H3. The van der Waals surface area contributed by atoms with Crippen LogP contribution in [-0.4, -0.2) is 15.6 Å². The summed E-state index contributed by atoms with van der Waals surface area (Å²) < 4.78 is 1.80. The summed E-state index contributed by atoms with van der Waals surface area (Å²) in [6, 6.07) is 3.28. The molecule has 2 N–H and O–H groups in total. The lowest BCUT2D eigenvalue weighted by molar-refractivity contribution is -0.119. The number of nitrogens with zero attached hydrogens (tertiary/aromatic N) is 2. The van der Waals surface area contributed by atoms with E-state index in [0.717, 1.165) is 17.0 Å². The van der Waals surface area contributed by atoms with Gasteiger partial charge in [0.15, 0.2) is 5.78 Å². The smallest absolute Gasteiger partial charge is 0.159 e. The van der Waals surface area contributed by atoms with Crippen molar-refractivity contribution in [3.05, 3.63) is 40.3 Å². The van der Waals surface area contributed by atoms with Crippen molar-refractivity contribution >= 4 is 17.1 Å². The second kappa shape index (κ2) is 5.25. The van der Waals surface area contributed by atoms with Crippen molar-refractivity contribution < 1.29 is 4.79 Å². The first kappa shape index (κ1) is 12.0. The van der Waals surface area contributed by atoms with Crippen LogP contribution in [0.3, 0.4) is 0 Å². The number of carbonyl (C=O) groups is 1. The highest BCUT2D eigenvalue weighted by Crippen LogP contribution is 2.18. The third kappa shape index (κ3) is 2.81. The number of Topliss-reactive ketones (excluding diaryl/α,β-unsaturated/α-hetero) is 1. The van der Waals surface area contributed by atoms with Gasteiger partial charge in [-0.3, -0.25) is 9.48 Å². The molecule has 0 amide bonds. The topological polar surface area (TPSA) is 60.9 Å². The van der Waals surface area contributed by atoms with Gasteiger partial charge >= 0.3 is 0 Å². The third-order valence-corrected chi connectivity index (χ3v) is 3.54. The van der Waals surface area contributed by atoms with Crippen LogP contribution in [0.1, 0.15) is 23.4 Å². The minimum absolute atomic E-state index is 0.0307. The van der Waals surface area contributed by atoms with E-state index in [-0.39, 0.29) is 5.78 Å². The van der Waals surface area contributed by atoms with Gasteiger partial charge in [-0.1, -0.05) is 6.07 Å². The van der Waals surface area contributed by atoms with Gasteiger partial charge in [-0.05, 0) is 23.9 Å². The summed E-state index contributed by atoms with van der Waals surface area (Å²) in [5.41, 5.74) is 6.82. The van der Waals surface area contributed by atoms with Gasteiger partial charge in [0.05, 0.1) is 12.2 Å². The van der Waals surface area contributed by atoms with Crippen molar-refractivity contribution in [1.82, 2.24) is 9.78 Å². The molecule has 2 heterocycles. The highest BCUT2D eigenvalue weighted by molar-refractivity contribution is 7.10. The number of rotatable bonds is 5. The van der Waals surface area contributed by atoms with Crippen molar-refractivity contribution in [2.75, 3.05) is 0 Å². The van der Waals surface area contributed by atoms with Crippen LogP contribution >= 0.6 is 11.3 Å². The van der Waals surface area contributed by atoms with Gasteiger partial charge < -0.3 is 5.73 Å². The average molecular weight is 249 g/mol. The van der Waals surface area contributed by atoms with E-state index in [1.165, 1.54) is 11.3 Å². The molecule has 17 heavy (non-hydrogen) atoms. The van der Waals surface area contributed by atoms with Gasteiger partial charge in [-0.25, -0.2) is 0 Å². The third-order valence-electron chi connectivity index (χ3n) is 2.59. The maximum atomic E-state index is 12.0. The Bertz CT molecular complexity index is 490. The number of carbonyl (C=O) groups excluding carboxylic acids is 1. The van der Waals surface area contributed by atoms with E-state index in [0.29, 0.717) is 6.42 Å². The number of ketones is 1. The first-order valence-corrected chi connectivity index (χ1v) is 6.41. The fourth-order valence-corrected chi connectivity index (χ4v) is 2.36. The van der Waals surface area contributed by atoms with E-state index in [2.05, 4.69) is 5.10 Å². The summed E-state index contributed by atoms with van der Waals surface area (Å²) in [6.45, 7) is 2.82. The maximum Gasteiger partial charge on any atom is 0.159 e. The van der Waals surface area contributed by atoms with Crippen LogP contribution in [0.5, 0.6) is 0 Å². The van der Waals surface area contributed by atoms with Gasteiger partial charge in [-0.15, -0.1) is 11.3 Å². The lowest BCUT2D eigenvalue weighted by atomic mass is 10.1. The molecule has 1 atom stereocenters. The van der Waals surface area contributed by atoms with Crippen molar-refractivity contribution in [2.45, 2.75) is 25.9 Å². The Morgan fingerprint density at radius 1 is 1.65 bits per heavy atom. The molecule has 0 aliphatic rings. The molecule has 0 radical (unpaired) electrons. The molecular formula is C12H15N3OS. The number of aromatic nitrogens is 2. The van der Waals surface area contributed by atoms with Crippen LogP contribution in [-0.2, 0) is 17.8 Å². The number of hydrogen-bond donors (Lipinski definition) is 1. The molecule has 0 fully saturated rings. The predicted molar refractivity (Wildman–Crippen MR) is 67.9 cm³/mol. The molecule has 2 rings (SSSR count). The van der Waals surface area contributed by atoms with Crippen molar-refractivity contribution in [1.29, 1.82) is 0 Å². The van der Waals surface area contributed by atoms with Crippen molar-refractivity contribution in [3.8, 4) is 0 Å². The first-order chi connectivity index (χ1) is 8.20. The lowest BCUT2D eigenvalue weighted by Gasteiger charge is -2.06. The molecule has 2 aromatic rings. The summed E-state index contributed by atoms with van der Waals surface area (Å²) in [5, 5.41) is 6.06. The zero-order valence-corrected chi connectivity index (χ0v) is 10.5. The largest absolute Gasteiger partial charge is 0.317 e. The Morgan fingerprint density at radius 2 is 2.47 bits per heavy atom. The number of nitrogens with two attached hydrogens (primary N) is 1. The summed E-state index contributed by atoms with van der Waals surface area (Å²) in [4.78, 5) is 12.9. The lowest BCUT2D eigenvalue weighted by Crippen LogP contribution is -2.21. The SMILES string of the molecule is CCn1cc(CC(=O)C(N)c2cccs2)cn1. The number of thiophene rings is 1. The van der Waals surface area contributed by atoms with Gasteiger partial charge in [0.25, 0.3) is 0 Å². The molecular weight excluding hydrogens is 234 g/mol. The second-order valence-electron chi connectivity index (χ2n) is 3.84. The molecule has 0 saturated carbocycles. The maximum absolute atomic E-state index is 12.0. The second-order valence-corrected chi connectivity index (χ2v) is 4.82. The Morgan fingerprint density at radius 3 is 3.06 bits per heavy atom. The molecule has 0 aromatic carbocycles. The van der Waals surface area contributed by atoms with Crippen LogP contribution in [0.15, 0.2) is 29.9 Å². The molecule has 0 aliphatic carbocycles. The van der Waals surface area contributed by atoms with Crippen LogP contribution in [0, 0.1) is 0 Å². The number of aryl methyl sites for hydroxylation is 1. The quantitative estimate of drug-likeness (QED) is 0.878. The Balaban J connectivity index is 2.01. The Hall–Kier alpha value is -1.46. The van der Waals surface area contributed by atoms with E-state index in [1.807, 2.05) is 30.6 Å². The molecule has 0 saturated heterocycles. The summed E-state index contributed by atoms with van der Waals surface area (Å²) >= 11 is 1.51. The van der Waals surface area contributed by atoms with Crippen LogP contribution in [0.25, 0.3) is 0 Å². The zero-order valence-electron chi connectivity index (χ0n) is 9.67. The molecule has 4 nitrogen and oxygen atoms in total. The Labute approximate surface area is 104 Å². The minimum atomic E-state index is -0.514. The zero-order chi connectivity index (χ0) is 12.3. The molecule has 5 heteroatoms. The molecule has 0 bridgehead atoms. The van der Waals surface area contributed by atoms with Gasteiger partial charge in [0.2, 0.25) is 0 Å². The first-order valence-electron chi connectivity index (χ1n) is 5.53. The average Bonchev–Trinajstić information content (AvgIpc) is 2.98. The molecule has 90 valence electrons. The molecule has 2 aromatic heterocycles. The summed E-state index contributed by atoms with van der Waals surface area (Å²) in [5.74, 6) is 0.0307. The van der Waals surface area contributed by atoms with Gasteiger partial charge in [0.1, 0.15) is 0 Å². The Kier molecular flexibility index (Phi) is 3.71. The highest BCUT2D eigenvalue weighted by atomic mass is 32.1. The van der Waals surface area contributed by atoms with E-state index in [1.54, 1.807) is 10.9 Å². The monoisotopic (exact) mass is 249 g/mol. The highest BCUT2D eigenvalue weighted by Gasteiger charge is 2.17. The fourth-order valence-electron chi connectivity index (χ4n) is 1.61. The van der Waals surface area contributed by atoms with Gasteiger partial charge in [0, 0.05) is 24.0 Å². The minimum Gasteiger partial charge on any atom is -0.317 e. The predicted octanol–water partition coefficient (Wildman–Crippen LogP) is 1.78. The summed E-state index contributed by atoms with van der Waals surface area (Å²) in [6.07, 6.45) is 3.96. The fraction of sp³-hybridized carbons (Fsp3) is 0.333. The van der Waals surface area contributed by atoms with Crippen LogP contribution < -0.4 is 5.73 Å². The van der Waals surface area contributed by atoms with Crippen molar-refractivity contribution in [2.24, 2.45) is 5.73 Å². The van der Waals surface area contributed by atoms with E-state index >= 15 is 0 Å². The van der Waals surface area contributed by atoms with Crippen LogP contribution in [0.4, 0.5) is 0 Å². The summed E-state index contributed by atoms with van der Waals surface area (Å²) in [7, 11) is 0. The van der Waals surface area contributed by atoms with Crippen molar-refractivity contribution in [3.63, 3.8) is 0 Å². The normalized spacial score (nSPS) is 12.6. The molecule has 0 spiro atoms. The van der Waals surface area contributed by atoms with Gasteiger partial charge in [-0.2, -0.15) is 5.10 Å². The van der Waals surface area contributed by atoms with E-state index in [9.17, 15) is 4.79 Å². The molecule has 1 unspecified atom stereocenters. The molecule has 0 aliphatic heterocycles. The van der Waals surface area contributed by atoms with Crippen LogP contribution in [0.2, 0.25) is 0 Å². The van der Waals surface area contributed by atoms with E-state index < -0.39 is 6.04 Å².